The van der Waals surface area contributed by atoms with Crippen LogP contribution in [-0.2, 0) is 9.53 Å². The molecule has 1 unspecified atom stereocenters. The van der Waals surface area contributed by atoms with Crippen molar-refractivity contribution in [2.45, 2.75) is 39.2 Å². The molecule has 0 saturated carbocycles. The summed E-state index contributed by atoms with van der Waals surface area (Å²) in [6.45, 7) is 3.72. The van der Waals surface area contributed by atoms with Crippen molar-refractivity contribution in [3.8, 4) is 5.75 Å². The Balaban J connectivity index is 2.87. The van der Waals surface area contributed by atoms with Gasteiger partial charge < -0.3 is 9.47 Å². The van der Waals surface area contributed by atoms with Crippen molar-refractivity contribution >= 4 is 11.7 Å². The second kappa shape index (κ2) is 7.47. The van der Waals surface area contributed by atoms with Gasteiger partial charge in [-0.25, -0.2) is 4.79 Å². The molecular formula is C14H19NO5. The van der Waals surface area contributed by atoms with Gasteiger partial charge in [0.15, 0.2) is 6.10 Å². The molecule has 0 spiro atoms. The number of methoxy groups -OCH3 is 1. The van der Waals surface area contributed by atoms with Crippen molar-refractivity contribution in [3.05, 3.63) is 33.9 Å². The zero-order chi connectivity index (χ0) is 15.1. The molecule has 6 nitrogen and oxygen atoms in total. The van der Waals surface area contributed by atoms with E-state index in [9.17, 15) is 14.9 Å². The van der Waals surface area contributed by atoms with Crippen molar-refractivity contribution in [2.75, 3.05) is 7.11 Å². The number of non-ortho nitro benzene ring substituents is 1. The number of nitro groups is 1. The Bertz CT molecular complexity index is 486. The number of hydrogen-bond donors (Lipinski definition) is 0. The maximum absolute atomic E-state index is 11.7. The number of benzene rings is 1. The molecule has 110 valence electrons. The summed E-state index contributed by atoms with van der Waals surface area (Å²) in [5.41, 5.74) is 0.614. The van der Waals surface area contributed by atoms with E-state index in [0.29, 0.717) is 17.7 Å². The summed E-state index contributed by atoms with van der Waals surface area (Å²) >= 11 is 0. The molecule has 1 aromatic rings. The molecule has 1 atom stereocenters. The highest BCUT2D eigenvalue weighted by Gasteiger charge is 2.21. The van der Waals surface area contributed by atoms with Gasteiger partial charge in [-0.05, 0) is 31.4 Å². The number of hydrogen-bond acceptors (Lipinski definition) is 5. The summed E-state index contributed by atoms with van der Waals surface area (Å²) in [5.74, 6) is 0.0262. The fourth-order valence-corrected chi connectivity index (χ4v) is 1.78. The average molecular weight is 281 g/mol. The third kappa shape index (κ3) is 4.22. The molecule has 1 rings (SSSR count). The largest absolute Gasteiger partial charge is 0.478 e. The molecule has 20 heavy (non-hydrogen) atoms. The van der Waals surface area contributed by atoms with Crippen molar-refractivity contribution in [1.29, 1.82) is 0 Å². The molecule has 0 heterocycles. The third-order valence-corrected chi connectivity index (χ3v) is 2.92. The fourth-order valence-electron chi connectivity index (χ4n) is 1.78. The Morgan fingerprint density at radius 2 is 2.15 bits per heavy atom. The van der Waals surface area contributed by atoms with Crippen molar-refractivity contribution in [1.82, 2.24) is 0 Å². The number of ether oxygens (including phenoxy) is 2. The van der Waals surface area contributed by atoms with Crippen molar-refractivity contribution in [3.63, 3.8) is 0 Å². The van der Waals surface area contributed by atoms with Gasteiger partial charge in [0, 0.05) is 12.1 Å². The van der Waals surface area contributed by atoms with Crippen LogP contribution in [0.2, 0.25) is 0 Å². The average Bonchev–Trinajstić information content (AvgIpc) is 2.43. The molecule has 1 aromatic carbocycles. The highest BCUT2D eigenvalue weighted by molar-refractivity contribution is 5.75. The minimum absolute atomic E-state index is 0.00183. The van der Waals surface area contributed by atoms with Crippen LogP contribution in [0.15, 0.2) is 18.2 Å². The lowest BCUT2D eigenvalue weighted by Gasteiger charge is -2.17. The Labute approximate surface area is 117 Å². The monoisotopic (exact) mass is 281 g/mol. The molecule has 0 radical (unpaired) electrons. The quantitative estimate of drug-likeness (QED) is 0.436. The number of aryl methyl sites for hydroxylation is 1. The molecule has 6 heteroatoms. The van der Waals surface area contributed by atoms with E-state index in [2.05, 4.69) is 0 Å². The second-order valence-electron chi connectivity index (χ2n) is 4.48. The number of nitro benzene ring substituents is 1. The standard InChI is InChI=1S/C14H19NO5/c1-4-5-6-13(14(16)19-3)20-12-8-7-11(15(17)18)9-10(12)2/h7-9,13H,4-6H2,1-3H3. The summed E-state index contributed by atoms with van der Waals surface area (Å²) < 4.78 is 10.3. The predicted octanol–water partition coefficient (Wildman–Crippen LogP) is 3.01. The van der Waals surface area contributed by atoms with Gasteiger partial charge in [0.2, 0.25) is 0 Å². The molecule has 0 aliphatic heterocycles. The number of nitrogens with zero attached hydrogens (tertiary/aromatic N) is 1. The Morgan fingerprint density at radius 1 is 1.45 bits per heavy atom. The lowest BCUT2D eigenvalue weighted by Crippen LogP contribution is -2.28. The first-order valence-electron chi connectivity index (χ1n) is 6.49. The SMILES string of the molecule is CCCCC(Oc1ccc([N+](=O)[O-])cc1C)C(=O)OC. The molecule has 0 aromatic heterocycles. The van der Waals surface area contributed by atoms with Crippen LogP contribution in [0.5, 0.6) is 5.75 Å². The van der Waals surface area contributed by atoms with Crippen molar-refractivity contribution < 1.29 is 19.2 Å². The van der Waals surface area contributed by atoms with Crippen molar-refractivity contribution in [2.24, 2.45) is 0 Å². The van der Waals surface area contributed by atoms with E-state index in [1.807, 2.05) is 6.92 Å². The van der Waals surface area contributed by atoms with Crippen LogP contribution in [0, 0.1) is 17.0 Å². The first kappa shape index (κ1) is 15.9. The van der Waals surface area contributed by atoms with Gasteiger partial charge >= 0.3 is 5.97 Å². The number of carbonyl (C=O) groups is 1. The van der Waals surface area contributed by atoms with Crippen LogP contribution in [0.25, 0.3) is 0 Å². The van der Waals surface area contributed by atoms with E-state index < -0.39 is 17.0 Å². The first-order chi connectivity index (χ1) is 9.49. The zero-order valence-electron chi connectivity index (χ0n) is 11.9. The van der Waals surface area contributed by atoms with E-state index in [4.69, 9.17) is 9.47 Å². The minimum atomic E-state index is -0.680. The van der Waals surface area contributed by atoms with Gasteiger partial charge in [0.1, 0.15) is 5.75 Å². The van der Waals surface area contributed by atoms with Gasteiger partial charge in [-0.3, -0.25) is 10.1 Å². The van der Waals surface area contributed by atoms with E-state index in [1.54, 1.807) is 6.92 Å². The smallest absolute Gasteiger partial charge is 0.347 e. The predicted molar refractivity (Wildman–Crippen MR) is 73.8 cm³/mol. The number of esters is 1. The maximum Gasteiger partial charge on any atom is 0.347 e. The van der Waals surface area contributed by atoms with Gasteiger partial charge in [0.25, 0.3) is 5.69 Å². The van der Waals surface area contributed by atoms with Crippen LogP contribution in [0.3, 0.4) is 0 Å². The lowest BCUT2D eigenvalue weighted by atomic mass is 10.1. The van der Waals surface area contributed by atoms with Gasteiger partial charge in [-0.15, -0.1) is 0 Å². The Morgan fingerprint density at radius 3 is 2.65 bits per heavy atom. The Kier molecular flexibility index (Phi) is 5.96. The minimum Gasteiger partial charge on any atom is -0.478 e. The fraction of sp³-hybridized carbons (Fsp3) is 0.500. The molecule has 0 saturated heterocycles. The molecule has 0 N–H and O–H groups in total. The molecule has 0 fully saturated rings. The lowest BCUT2D eigenvalue weighted by molar-refractivity contribution is -0.384. The first-order valence-corrected chi connectivity index (χ1v) is 6.49. The highest BCUT2D eigenvalue weighted by atomic mass is 16.6. The topological polar surface area (TPSA) is 78.7 Å². The van der Waals surface area contributed by atoms with Gasteiger partial charge in [-0.2, -0.15) is 0 Å². The Hall–Kier alpha value is -2.11. The van der Waals surface area contributed by atoms with E-state index >= 15 is 0 Å². The van der Waals surface area contributed by atoms with Crippen LogP contribution < -0.4 is 4.74 Å². The highest BCUT2D eigenvalue weighted by Crippen LogP contribution is 2.25. The summed E-state index contributed by atoms with van der Waals surface area (Å²) in [4.78, 5) is 21.9. The number of carbonyl (C=O) groups excluding carboxylic acids is 1. The number of rotatable bonds is 7. The summed E-state index contributed by atoms with van der Waals surface area (Å²) in [7, 11) is 1.31. The maximum atomic E-state index is 11.7. The zero-order valence-corrected chi connectivity index (χ0v) is 11.9. The third-order valence-electron chi connectivity index (χ3n) is 2.92. The summed E-state index contributed by atoms with van der Waals surface area (Å²) in [5, 5.41) is 10.7. The second-order valence-corrected chi connectivity index (χ2v) is 4.48. The van der Waals surface area contributed by atoms with Crippen LogP contribution in [0.4, 0.5) is 5.69 Å². The molecule has 0 amide bonds. The van der Waals surface area contributed by atoms with Gasteiger partial charge in [-0.1, -0.05) is 13.3 Å². The van der Waals surface area contributed by atoms with Crippen LogP contribution in [-0.4, -0.2) is 24.1 Å². The molecule has 0 bridgehead atoms. The summed E-state index contributed by atoms with van der Waals surface area (Å²) in [6.07, 6.45) is 1.65. The van der Waals surface area contributed by atoms with Crippen LogP contribution in [0.1, 0.15) is 31.7 Å². The normalized spacial score (nSPS) is 11.8. The summed E-state index contributed by atoms with van der Waals surface area (Å²) in [6, 6.07) is 4.29. The molecule has 0 aliphatic rings. The van der Waals surface area contributed by atoms with Crippen LogP contribution >= 0.6 is 0 Å². The molecular weight excluding hydrogens is 262 g/mol. The van der Waals surface area contributed by atoms with Gasteiger partial charge in [0.05, 0.1) is 12.0 Å². The van der Waals surface area contributed by atoms with E-state index in [1.165, 1.54) is 25.3 Å². The van der Waals surface area contributed by atoms with E-state index in [0.717, 1.165) is 12.8 Å². The number of unbranched alkanes of at least 4 members (excludes halogenated alkanes) is 1. The van der Waals surface area contributed by atoms with E-state index in [-0.39, 0.29) is 5.69 Å². The molecule has 0 aliphatic carbocycles.